The summed E-state index contributed by atoms with van der Waals surface area (Å²) in [6.07, 6.45) is 4.00. The topological polar surface area (TPSA) is 100 Å². The first kappa shape index (κ1) is 19.0. The standard InChI is InChI=1S/C19H25N5O3/c1-13(15-4-3-7-20-12-15)21-17(25)6-5-16-14(2)22-19(23-18(16)26)24-8-10-27-11-9-24/h3-4,7,12-13H,5-6,8-11H2,1-2H3,(H,21,25)(H,22,23,26). The molecule has 8 nitrogen and oxygen atoms in total. The maximum atomic E-state index is 12.5. The summed E-state index contributed by atoms with van der Waals surface area (Å²) >= 11 is 0. The Hall–Kier alpha value is -2.74. The Kier molecular flexibility index (Phi) is 6.18. The van der Waals surface area contributed by atoms with Crippen LogP contribution in [0, 0.1) is 6.92 Å². The molecule has 0 bridgehead atoms. The molecule has 8 heteroatoms. The maximum absolute atomic E-state index is 12.5. The van der Waals surface area contributed by atoms with E-state index in [1.54, 1.807) is 12.4 Å². The van der Waals surface area contributed by atoms with Gasteiger partial charge in [0.1, 0.15) is 0 Å². The van der Waals surface area contributed by atoms with Gasteiger partial charge in [0.05, 0.1) is 19.3 Å². The highest BCUT2D eigenvalue weighted by Crippen LogP contribution is 2.13. The lowest BCUT2D eigenvalue weighted by molar-refractivity contribution is -0.121. The molecule has 1 unspecified atom stereocenters. The van der Waals surface area contributed by atoms with Crippen molar-refractivity contribution >= 4 is 11.9 Å². The van der Waals surface area contributed by atoms with Gasteiger partial charge in [-0.3, -0.25) is 19.6 Å². The molecule has 0 aromatic carbocycles. The van der Waals surface area contributed by atoms with Gasteiger partial charge in [0.15, 0.2) is 0 Å². The van der Waals surface area contributed by atoms with E-state index < -0.39 is 0 Å². The largest absolute Gasteiger partial charge is 0.378 e. The molecule has 0 saturated carbocycles. The quantitative estimate of drug-likeness (QED) is 0.789. The summed E-state index contributed by atoms with van der Waals surface area (Å²) < 4.78 is 5.32. The van der Waals surface area contributed by atoms with E-state index in [1.165, 1.54) is 0 Å². The predicted molar refractivity (Wildman–Crippen MR) is 102 cm³/mol. The second-order valence-electron chi connectivity index (χ2n) is 6.63. The first-order chi connectivity index (χ1) is 13.0. The monoisotopic (exact) mass is 371 g/mol. The predicted octanol–water partition coefficient (Wildman–Crippen LogP) is 1.12. The fraction of sp³-hybridized carbons (Fsp3) is 0.474. The minimum absolute atomic E-state index is 0.109. The second kappa shape index (κ2) is 8.77. The molecule has 3 rings (SSSR count). The fourth-order valence-electron chi connectivity index (χ4n) is 3.08. The highest BCUT2D eigenvalue weighted by atomic mass is 16.5. The molecule has 2 aromatic heterocycles. The zero-order valence-corrected chi connectivity index (χ0v) is 15.7. The summed E-state index contributed by atoms with van der Waals surface area (Å²) in [6.45, 7) is 6.38. The van der Waals surface area contributed by atoms with Crippen LogP contribution in [0.2, 0.25) is 0 Å². The number of ether oxygens (including phenoxy) is 1. The number of morpholine rings is 1. The number of carbonyl (C=O) groups excluding carboxylic acids is 1. The van der Waals surface area contributed by atoms with Crippen LogP contribution in [-0.2, 0) is 16.0 Å². The Morgan fingerprint density at radius 2 is 2.19 bits per heavy atom. The average molecular weight is 371 g/mol. The molecule has 0 radical (unpaired) electrons. The SMILES string of the molecule is Cc1nc(N2CCOCC2)[nH]c(=O)c1CCC(=O)NC(C)c1cccnc1. The maximum Gasteiger partial charge on any atom is 0.255 e. The van der Waals surface area contributed by atoms with Crippen molar-refractivity contribution in [2.75, 3.05) is 31.2 Å². The van der Waals surface area contributed by atoms with Gasteiger partial charge in [0, 0.05) is 43.2 Å². The van der Waals surface area contributed by atoms with Crippen LogP contribution in [0.5, 0.6) is 0 Å². The first-order valence-corrected chi connectivity index (χ1v) is 9.16. The van der Waals surface area contributed by atoms with E-state index >= 15 is 0 Å². The van der Waals surface area contributed by atoms with E-state index in [0.29, 0.717) is 49.9 Å². The zero-order valence-electron chi connectivity index (χ0n) is 15.7. The summed E-state index contributed by atoms with van der Waals surface area (Å²) in [5.41, 5.74) is 1.97. The molecule has 1 fully saturated rings. The molecule has 1 aliphatic rings. The number of aromatic nitrogens is 3. The highest BCUT2D eigenvalue weighted by molar-refractivity contribution is 5.76. The van der Waals surface area contributed by atoms with Crippen molar-refractivity contribution in [3.8, 4) is 0 Å². The number of carbonyl (C=O) groups is 1. The van der Waals surface area contributed by atoms with Crippen molar-refractivity contribution in [1.82, 2.24) is 20.3 Å². The molecule has 27 heavy (non-hydrogen) atoms. The van der Waals surface area contributed by atoms with Crippen molar-refractivity contribution in [3.05, 3.63) is 51.7 Å². The van der Waals surface area contributed by atoms with Crippen molar-refractivity contribution in [1.29, 1.82) is 0 Å². The van der Waals surface area contributed by atoms with Crippen molar-refractivity contribution in [2.24, 2.45) is 0 Å². The molecule has 1 aliphatic heterocycles. The van der Waals surface area contributed by atoms with E-state index in [-0.39, 0.29) is 23.9 Å². The number of rotatable bonds is 6. The molecule has 1 amide bonds. The van der Waals surface area contributed by atoms with E-state index in [2.05, 4.69) is 20.3 Å². The Morgan fingerprint density at radius 3 is 2.85 bits per heavy atom. The van der Waals surface area contributed by atoms with Gasteiger partial charge >= 0.3 is 0 Å². The Balaban J connectivity index is 1.60. The smallest absolute Gasteiger partial charge is 0.255 e. The summed E-state index contributed by atoms with van der Waals surface area (Å²) in [7, 11) is 0. The third-order valence-corrected chi connectivity index (χ3v) is 4.68. The first-order valence-electron chi connectivity index (χ1n) is 9.16. The number of pyridine rings is 1. The number of aryl methyl sites for hydroxylation is 1. The highest BCUT2D eigenvalue weighted by Gasteiger charge is 2.17. The van der Waals surface area contributed by atoms with Crippen molar-refractivity contribution in [3.63, 3.8) is 0 Å². The molecule has 1 atom stereocenters. The minimum Gasteiger partial charge on any atom is -0.378 e. The van der Waals surface area contributed by atoms with Crippen LogP contribution in [0.15, 0.2) is 29.3 Å². The molecular weight excluding hydrogens is 346 g/mol. The van der Waals surface area contributed by atoms with Gasteiger partial charge in [-0.1, -0.05) is 6.07 Å². The van der Waals surface area contributed by atoms with Crippen LogP contribution in [0.3, 0.4) is 0 Å². The lowest BCUT2D eigenvalue weighted by Gasteiger charge is -2.27. The number of aromatic amines is 1. The summed E-state index contributed by atoms with van der Waals surface area (Å²) in [4.78, 5) is 38.1. The minimum atomic E-state index is -0.183. The third-order valence-electron chi connectivity index (χ3n) is 4.68. The van der Waals surface area contributed by atoms with Crippen LogP contribution in [-0.4, -0.2) is 47.2 Å². The number of hydrogen-bond donors (Lipinski definition) is 2. The molecule has 144 valence electrons. The van der Waals surface area contributed by atoms with Crippen LogP contribution >= 0.6 is 0 Å². The van der Waals surface area contributed by atoms with Gasteiger partial charge in [-0.2, -0.15) is 0 Å². The average Bonchev–Trinajstić information content (AvgIpc) is 2.68. The molecular formula is C19H25N5O3. The lowest BCUT2D eigenvalue weighted by Crippen LogP contribution is -2.38. The van der Waals surface area contributed by atoms with Gasteiger partial charge in [0.25, 0.3) is 5.56 Å². The van der Waals surface area contributed by atoms with Crippen LogP contribution in [0.1, 0.15) is 36.2 Å². The second-order valence-corrected chi connectivity index (χ2v) is 6.63. The molecule has 2 aromatic rings. The van der Waals surface area contributed by atoms with Crippen LogP contribution in [0.4, 0.5) is 5.95 Å². The Labute approximate surface area is 158 Å². The number of nitrogens with zero attached hydrogens (tertiary/aromatic N) is 3. The molecule has 2 N–H and O–H groups in total. The van der Waals surface area contributed by atoms with Crippen LogP contribution in [0.25, 0.3) is 0 Å². The van der Waals surface area contributed by atoms with Gasteiger partial charge < -0.3 is 15.0 Å². The molecule has 1 saturated heterocycles. The number of hydrogen-bond acceptors (Lipinski definition) is 6. The number of amides is 1. The van der Waals surface area contributed by atoms with E-state index in [0.717, 1.165) is 5.56 Å². The third kappa shape index (κ3) is 4.91. The number of nitrogens with one attached hydrogen (secondary N) is 2. The van der Waals surface area contributed by atoms with E-state index in [4.69, 9.17) is 4.74 Å². The molecule has 0 aliphatic carbocycles. The Morgan fingerprint density at radius 1 is 1.41 bits per heavy atom. The van der Waals surface area contributed by atoms with E-state index in [1.807, 2.05) is 30.9 Å². The fourth-order valence-corrected chi connectivity index (χ4v) is 3.08. The lowest BCUT2D eigenvalue weighted by atomic mass is 10.1. The molecule has 3 heterocycles. The summed E-state index contributed by atoms with van der Waals surface area (Å²) in [6, 6.07) is 3.62. The van der Waals surface area contributed by atoms with Crippen molar-refractivity contribution < 1.29 is 9.53 Å². The van der Waals surface area contributed by atoms with Crippen LogP contribution < -0.4 is 15.8 Å². The normalized spacial score (nSPS) is 15.4. The van der Waals surface area contributed by atoms with Crippen molar-refractivity contribution in [2.45, 2.75) is 32.7 Å². The van der Waals surface area contributed by atoms with Gasteiger partial charge in [-0.05, 0) is 31.9 Å². The van der Waals surface area contributed by atoms with E-state index in [9.17, 15) is 9.59 Å². The molecule has 0 spiro atoms. The van der Waals surface area contributed by atoms with Gasteiger partial charge in [-0.25, -0.2) is 4.98 Å². The number of anilines is 1. The number of H-pyrrole nitrogens is 1. The van der Waals surface area contributed by atoms with Gasteiger partial charge in [0.2, 0.25) is 11.9 Å². The summed E-state index contributed by atoms with van der Waals surface area (Å²) in [5, 5.41) is 2.93. The zero-order chi connectivity index (χ0) is 19.2. The Bertz CT molecular complexity index is 831. The van der Waals surface area contributed by atoms with Gasteiger partial charge in [-0.15, -0.1) is 0 Å². The summed E-state index contributed by atoms with van der Waals surface area (Å²) in [5.74, 6) is 0.460.